The fourth-order valence-electron chi connectivity index (χ4n) is 4.85. The number of piperidine rings is 1. The maximum atomic E-state index is 13.3. The molecule has 1 aromatic heterocycles. The number of rotatable bonds is 2. The number of carbonyl (C=O) groups excluding carboxylic acids is 1. The molecule has 0 N–H and O–H groups in total. The first-order valence-electron chi connectivity index (χ1n) is 10.2. The van der Waals surface area contributed by atoms with Crippen molar-refractivity contribution in [2.75, 3.05) is 13.1 Å². The lowest BCUT2D eigenvalue weighted by atomic mass is 9.82. The fourth-order valence-corrected chi connectivity index (χ4v) is 4.85. The van der Waals surface area contributed by atoms with Crippen LogP contribution in [0.5, 0.6) is 0 Å². The number of fused-ring (bicyclic) bond motifs is 4. The third kappa shape index (κ3) is 3.11. The average molecular weight is 395 g/mol. The lowest BCUT2D eigenvalue weighted by molar-refractivity contribution is 0.0594. The fraction of sp³-hybridized carbons (Fsp3) is 0.240. The smallest absolute Gasteiger partial charge is 0.258 e. The molecule has 2 aliphatic heterocycles. The second-order valence-corrected chi connectivity index (χ2v) is 8.16. The number of amides is 1. The number of carbonyl (C=O) groups is 1. The first-order chi connectivity index (χ1) is 14.6. The number of likely N-dealkylation sites (tertiary alicyclic amines) is 1. The molecule has 2 atom stereocenters. The molecule has 2 unspecified atom stereocenters. The van der Waals surface area contributed by atoms with Gasteiger partial charge in [0, 0.05) is 42.4 Å². The molecule has 1 fully saturated rings. The summed E-state index contributed by atoms with van der Waals surface area (Å²) in [4.78, 5) is 28.2. The molecular formula is C25H21N3O2. The van der Waals surface area contributed by atoms with Gasteiger partial charge in [0.15, 0.2) is 0 Å². The highest BCUT2D eigenvalue weighted by Crippen LogP contribution is 2.36. The largest absolute Gasteiger partial charge is 0.338 e. The summed E-state index contributed by atoms with van der Waals surface area (Å²) in [5, 5.41) is 9.17. The Morgan fingerprint density at radius 1 is 0.967 bits per heavy atom. The van der Waals surface area contributed by atoms with Crippen LogP contribution >= 0.6 is 0 Å². The van der Waals surface area contributed by atoms with Crippen LogP contribution in [0.2, 0.25) is 0 Å². The van der Waals surface area contributed by atoms with Gasteiger partial charge < -0.3 is 9.47 Å². The third-order valence-corrected chi connectivity index (χ3v) is 6.21. The molecule has 148 valence electrons. The molecule has 5 rings (SSSR count). The summed E-state index contributed by atoms with van der Waals surface area (Å²) in [6.45, 7) is 1.92. The molecular weight excluding hydrogens is 374 g/mol. The number of benzene rings is 2. The van der Waals surface area contributed by atoms with Gasteiger partial charge in [-0.15, -0.1) is 0 Å². The van der Waals surface area contributed by atoms with Crippen LogP contribution in [0, 0.1) is 17.2 Å². The Morgan fingerprint density at radius 2 is 1.80 bits per heavy atom. The van der Waals surface area contributed by atoms with Crippen molar-refractivity contribution < 1.29 is 4.79 Å². The normalized spacial score (nSPS) is 19.6. The average Bonchev–Trinajstić information content (AvgIpc) is 2.80. The minimum Gasteiger partial charge on any atom is -0.338 e. The number of nitriles is 1. The zero-order chi connectivity index (χ0) is 20.7. The van der Waals surface area contributed by atoms with E-state index in [-0.39, 0.29) is 23.3 Å². The summed E-state index contributed by atoms with van der Waals surface area (Å²) >= 11 is 0. The van der Waals surface area contributed by atoms with Gasteiger partial charge in [0.1, 0.15) is 0 Å². The van der Waals surface area contributed by atoms with Gasteiger partial charge in [0.05, 0.1) is 11.6 Å². The molecule has 3 aromatic rings. The van der Waals surface area contributed by atoms with Gasteiger partial charge in [0.2, 0.25) is 0 Å². The highest BCUT2D eigenvalue weighted by atomic mass is 16.2. The molecule has 0 spiro atoms. The van der Waals surface area contributed by atoms with E-state index in [4.69, 9.17) is 5.26 Å². The van der Waals surface area contributed by atoms with Gasteiger partial charge in [-0.3, -0.25) is 9.59 Å². The second-order valence-electron chi connectivity index (χ2n) is 8.16. The van der Waals surface area contributed by atoms with Gasteiger partial charge in [-0.2, -0.15) is 5.26 Å². The first kappa shape index (κ1) is 18.4. The highest BCUT2D eigenvalue weighted by Gasteiger charge is 2.36. The summed E-state index contributed by atoms with van der Waals surface area (Å²) in [7, 11) is 0. The molecule has 2 aromatic carbocycles. The maximum absolute atomic E-state index is 13.3. The number of aromatic nitrogens is 1. The lowest BCUT2D eigenvalue weighted by Crippen LogP contribution is -2.49. The monoisotopic (exact) mass is 395 g/mol. The minimum atomic E-state index is -0.0138. The van der Waals surface area contributed by atoms with Crippen molar-refractivity contribution >= 4 is 5.91 Å². The Morgan fingerprint density at radius 3 is 2.60 bits per heavy atom. The van der Waals surface area contributed by atoms with Crippen LogP contribution in [0.25, 0.3) is 11.1 Å². The van der Waals surface area contributed by atoms with E-state index in [2.05, 4.69) is 6.07 Å². The molecule has 0 aliphatic carbocycles. The van der Waals surface area contributed by atoms with E-state index in [9.17, 15) is 9.59 Å². The Balaban J connectivity index is 1.48. The standard InChI is InChI=1S/C25H21N3O2/c26-13-17-5-4-8-20(11-17)22-9-10-23-21-12-18(15-28(23)25(22)30)14-27(16-21)24(29)19-6-2-1-3-7-19/h1-11,18,21H,12,14-16H2. The van der Waals surface area contributed by atoms with Crippen molar-refractivity contribution in [3.63, 3.8) is 0 Å². The quantitative estimate of drug-likeness (QED) is 0.665. The van der Waals surface area contributed by atoms with Crippen molar-refractivity contribution in [2.24, 2.45) is 5.92 Å². The Kier molecular flexibility index (Phi) is 4.48. The molecule has 1 amide bonds. The van der Waals surface area contributed by atoms with Gasteiger partial charge >= 0.3 is 0 Å². The summed E-state index contributed by atoms with van der Waals surface area (Å²) in [5.74, 6) is 0.491. The van der Waals surface area contributed by atoms with Gasteiger partial charge in [-0.05, 0) is 54.3 Å². The van der Waals surface area contributed by atoms with E-state index in [1.165, 1.54) is 0 Å². The predicted octanol–water partition coefficient (Wildman–Crippen LogP) is 3.65. The van der Waals surface area contributed by atoms with E-state index in [0.717, 1.165) is 17.7 Å². The van der Waals surface area contributed by atoms with Gasteiger partial charge in [-0.25, -0.2) is 0 Å². The van der Waals surface area contributed by atoms with Gasteiger partial charge in [0.25, 0.3) is 11.5 Å². The lowest BCUT2D eigenvalue weighted by Gasteiger charge is -2.43. The molecule has 2 bridgehead atoms. The number of nitrogens with zero attached hydrogens (tertiary/aromatic N) is 3. The second kappa shape index (κ2) is 7.31. The van der Waals surface area contributed by atoms with Crippen LogP contribution in [0.1, 0.15) is 34.0 Å². The van der Waals surface area contributed by atoms with E-state index < -0.39 is 0 Å². The van der Waals surface area contributed by atoms with Crippen LogP contribution < -0.4 is 5.56 Å². The zero-order valence-electron chi connectivity index (χ0n) is 16.5. The van der Waals surface area contributed by atoms with E-state index in [1.807, 2.05) is 58.0 Å². The van der Waals surface area contributed by atoms with E-state index in [1.54, 1.807) is 18.2 Å². The van der Waals surface area contributed by atoms with Crippen molar-refractivity contribution in [3.8, 4) is 17.2 Å². The van der Waals surface area contributed by atoms with Gasteiger partial charge in [-0.1, -0.05) is 30.3 Å². The topological polar surface area (TPSA) is 66.1 Å². The Bertz CT molecular complexity index is 1220. The molecule has 5 nitrogen and oxygen atoms in total. The predicted molar refractivity (Wildman–Crippen MR) is 114 cm³/mol. The van der Waals surface area contributed by atoms with Crippen LogP contribution in [0.4, 0.5) is 0 Å². The molecule has 30 heavy (non-hydrogen) atoms. The van der Waals surface area contributed by atoms with Crippen LogP contribution in [-0.2, 0) is 6.54 Å². The number of hydrogen-bond acceptors (Lipinski definition) is 3. The van der Waals surface area contributed by atoms with E-state index in [0.29, 0.717) is 36.3 Å². The van der Waals surface area contributed by atoms with E-state index >= 15 is 0 Å². The number of hydrogen-bond donors (Lipinski definition) is 0. The molecule has 3 heterocycles. The maximum Gasteiger partial charge on any atom is 0.258 e. The molecule has 0 radical (unpaired) electrons. The van der Waals surface area contributed by atoms with Crippen molar-refractivity contribution in [1.29, 1.82) is 5.26 Å². The van der Waals surface area contributed by atoms with Crippen LogP contribution in [-0.4, -0.2) is 28.5 Å². The molecule has 1 saturated heterocycles. The summed E-state index contributed by atoms with van der Waals surface area (Å²) in [6, 6.07) is 22.6. The molecule has 0 saturated carbocycles. The Hall–Kier alpha value is -3.65. The van der Waals surface area contributed by atoms with Crippen LogP contribution in [0.3, 0.4) is 0 Å². The van der Waals surface area contributed by atoms with Crippen molar-refractivity contribution in [2.45, 2.75) is 18.9 Å². The number of pyridine rings is 1. The Labute approximate surface area is 174 Å². The molecule has 2 aliphatic rings. The van der Waals surface area contributed by atoms with Crippen molar-refractivity contribution in [1.82, 2.24) is 9.47 Å². The minimum absolute atomic E-state index is 0.0138. The van der Waals surface area contributed by atoms with Crippen LogP contribution in [0.15, 0.2) is 71.5 Å². The SMILES string of the molecule is N#Cc1cccc(-c2ccc3n(c2=O)CC2CC3CN(C(=O)c3ccccc3)C2)c1. The first-order valence-corrected chi connectivity index (χ1v) is 10.2. The third-order valence-electron chi connectivity index (χ3n) is 6.21. The summed E-state index contributed by atoms with van der Waals surface area (Å²) in [5.41, 5.74) is 3.63. The highest BCUT2D eigenvalue weighted by molar-refractivity contribution is 5.94. The molecule has 5 heteroatoms. The summed E-state index contributed by atoms with van der Waals surface area (Å²) in [6.07, 6.45) is 1.00. The summed E-state index contributed by atoms with van der Waals surface area (Å²) < 4.78 is 1.89. The van der Waals surface area contributed by atoms with Crippen molar-refractivity contribution in [3.05, 3.63) is 93.9 Å². The zero-order valence-corrected chi connectivity index (χ0v) is 16.5.